The van der Waals surface area contributed by atoms with Crippen LogP contribution in [0.2, 0.25) is 0 Å². The minimum Gasteiger partial charge on any atom is -0.449 e. The Labute approximate surface area is 77.4 Å². The first-order chi connectivity index (χ1) is 5.70. The second-order valence-corrected chi connectivity index (χ2v) is 4.35. The zero-order valence-corrected chi connectivity index (χ0v) is 8.39. The Morgan fingerprint density at radius 3 is 2.92 bits per heavy atom. The van der Waals surface area contributed by atoms with Gasteiger partial charge in [0.2, 0.25) is 0 Å². The molecule has 3 nitrogen and oxygen atoms in total. The summed E-state index contributed by atoms with van der Waals surface area (Å²) in [5, 5.41) is 0. The highest BCUT2D eigenvalue weighted by Gasteiger charge is 2.19. The largest absolute Gasteiger partial charge is 0.449 e. The van der Waals surface area contributed by atoms with Gasteiger partial charge in [0.05, 0.1) is 12.5 Å². The molecular weight excluding hydrogens is 174 g/mol. The fourth-order valence-corrected chi connectivity index (χ4v) is 1.82. The van der Waals surface area contributed by atoms with Crippen LogP contribution in [0.1, 0.15) is 13.8 Å². The maximum absolute atomic E-state index is 11.2. The molecule has 4 heteroatoms. The van der Waals surface area contributed by atoms with Crippen LogP contribution in [-0.2, 0) is 4.74 Å². The monoisotopic (exact) mass is 189 g/mol. The van der Waals surface area contributed by atoms with Crippen molar-refractivity contribution in [2.75, 3.05) is 24.8 Å². The van der Waals surface area contributed by atoms with E-state index in [0.717, 1.165) is 18.2 Å². The van der Waals surface area contributed by atoms with Gasteiger partial charge in [-0.1, -0.05) is 13.8 Å². The van der Waals surface area contributed by atoms with E-state index in [1.54, 1.807) is 16.7 Å². The van der Waals surface area contributed by atoms with Crippen molar-refractivity contribution in [3.8, 4) is 0 Å². The van der Waals surface area contributed by atoms with Gasteiger partial charge in [0, 0.05) is 12.3 Å². The number of carbonyl (C=O) groups is 1. The van der Waals surface area contributed by atoms with Gasteiger partial charge in [0.25, 0.3) is 0 Å². The minimum absolute atomic E-state index is 0.159. The minimum atomic E-state index is -0.159. The molecule has 1 heterocycles. The van der Waals surface area contributed by atoms with Gasteiger partial charge in [-0.15, -0.1) is 11.8 Å². The normalized spacial score (nSPS) is 17.1. The molecule has 1 fully saturated rings. The Balaban J connectivity index is 2.18. The molecule has 0 unspecified atom stereocenters. The molecule has 0 spiro atoms. The Morgan fingerprint density at radius 1 is 1.67 bits per heavy atom. The molecule has 0 atom stereocenters. The van der Waals surface area contributed by atoms with Crippen molar-refractivity contribution in [3.63, 3.8) is 0 Å². The molecule has 0 radical (unpaired) electrons. The summed E-state index contributed by atoms with van der Waals surface area (Å²) in [6.45, 7) is 5.43. The third-order valence-electron chi connectivity index (χ3n) is 1.55. The van der Waals surface area contributed by atoms with Crippen LogP contribution in [0.5, 0.6) is 0 Å². The Hall–Kier alpha value is -0.380. The van der Waals surface area contributed by atoms with Gasteiger partial charge in [-0.3, -0.25) is 4.90 Å². The van der Waals surface area contributed by atoms with Gasteiger partial charge in [-0.05, 0) is 5.92 Å². The van der Waals surface area contributed by atoms with Crippen molar-refractivity contribution in [1.29, 1.82) is 0 Å². The number of nitrogens with zero attached hydrogens (tertiary/aromatic N) is 1. The van der Waals surface area contributed by atoms with E-state index in [2.05, 4.69) is 0 Å². The van der Waals surface area contributed by atoms with Crippen LogP contribution < -0.4 is 0 Å². The van der Waals surface area contributed by atoms with Gasteiger partial charge < -0.3 is 4.74 Å². The number of rotatable bonds is 2. The topological polar surface area (TPSA) is 29.5 Å². The van der Waals surface area contributed by atoms with E-state index in [4.69, 9.17) is 4.74 Å². The summed E-state index contributed by atoms with van der Waals surface area (Å²) in [5.41, 5.74) is 0. The molecule has 0 aromatic carbocycles. The van der Waals surface area contributed by atoms with E-state index in [1.165, 1.54) is 0 Å². The van der Waals surface area contributed by atoms with Gasteiger partial charge >= 0.3 is 6.09 Å². The molecule has 1 aliphatic rings. The lowest BCUT2D eigenvalue weighted by Gasteiger charge is -2.15. The predicted molar refractivity (Wildman–Crippen MR) is 50.2 cm³/mol. The second-order valence-electron chi connectivity index (χ2n) is 3.27. The molecule has 0 aliphatic carbocycles. The number of ether oxygens (including phenoxy) is 1. The molecule has 0 saturated carbocycles. The van der Waals surface area contributed by atoms with Crippen LogP contribution in [0.3, 0.4) is 0 Å². The smallest absolute Gasteiger partial charge is 0.410 e. The highest BCUT2D eigenvalue weighted by molar-refractivity contribution is 7.99. The molecule has 0 N–H and O–H groups in total. The van der Waals surface area contributed by atoms with Crippen LogP contribution in [0, 0.1) is 5.92 Å². The summed E-state index contributed by atoms with van der Waals surface area (Å²) >= 11 is 1.77. The lowest BCUT2D eigenvalue weighted by Crippen LogP contribution is -2.29. The first-order valence-corrected chi connectivity index (χ1v) is 5.35. The summed E-state index contributed by atoms with van der Waals surface area (Å²) < 4.78 is 5.06. The third-order valence-corrected chi connectivity index (χ3v) is 2.52. The number of amides is 1. The maximum Gasteiger partial charge on any atom is 0.410 e. The molecule has 0 bridgehead atoms. The summed E-state index contributed by atoms with van der Waals surface area (Å²) in [7, 11) is 0. The van der Waals surface area contributed by atoms with Crippen molar-refractivity contribution in [2.45, 2.75) is 13.8 Å². The summed E-state index contributed by atoms with van der Waals surface area (Å²) in [6.07, 6.45) is -0.159. The van der Waals surface area contributed by atoms with E-state index in [-0.39, 0.29) is 6.09 Å². The lowest BCUT2D eigenvalue weighted by molar-refractivity contribution is 0.102. The van der Waals surface area contributed by atoms with E-state index >= 15 is 0 Å². The Morgan fingerprint density at radius 2 is 2.42 bits per heavy atom. The first-order valence-electron chi connectivity index (χ1n) is 4.19. The first kappa shape index (κ1) is 9.71. The molecule has 1 amide bonds. The van der Waals surface area contributed by atoms with Crippen LogP contribution in [-0.4, -0.2) is 35.8 Å². The van der Waals surface area contributed by atoms with Gasteiger partial charge in [-0.25, -0.2) is 4.79 Å². The fourth-order valence-electron chi connectivity index (χ4n) is 0.887. The van der Waals surface area contributed by atoms with Crippen molar-refractivity contribution in [3.05, 3.63) is 0 Å². The second kappa shape index (κ2) is 4.60. The van der Waals surface area contributed by atoms with E-state index in [0.29, 0.717) is 12.5 Å². The highest BCUT2D eigenvalue weighted by atomic mass is 32.2. The van der Waals surface area contributed by atoms with Crippen molar-refractivity contribution in [2.24, 2.45) is 5.92 Å². The summed E-state index contributed by atoms with van der Waals surface area (Å²) in [5.74, 6) is 2.25. The summed E-state index contributed by atoms with van der Waals surface area (Å²) in [4.78, 5) is 13.0. The molecule has 12 heavy (non-hydrogen) atoms. The lowest BCUT2D eigenvalue weighted by atomic mass is 10.2. The molecule has 1 rings (SSSR count). The SMILES string of the molecule is CC(C)COC(=O)N1CCSC1. The average Bonchev–Trinajstić information content (AvgIpc) is 2.51. The van der Waals surface area contributed by atoms with E-state index in [1.807, 2.05) is 13.8 Å². The Kier molecular flexibility index (Phi) is 3.72. The van der Waals surface area contributed by atoms with E-state index in [9.17, 15) is 4.79 Å². The number of hydrogen-bond acceptors (Lipinski definition) is 3. The maximum atomic E-state index is 11.2. The van der Waals surface area contributed by atoms with Crippen molar-refractivity contribution < 1.29 is 9.53 Å². The number of thioether (sulfide) groups is 1. The number of carbonyl (C=O) groups excluding carboxylic acids is 1. The zero-order chi connectivity index (χ0) is 8.97. The van der Waals surface area contributed by atoms with Crippen LogP contribution >= 0.6 is 11.8 Å². The average molecular weight is 189 g/mol. The molecule has 1 saturated heterocycles. The molecule has 70 valence electrons. The fraction of sp³-hybridized carbons (Fsp3) is 0.875. The van der Waals surface area contributed by atoms with Gasteiger partial charge in [-0.2, -0.15) is 0 Å². The molecule has 1 aliphatic heterocycles. The molecule has 0 aromatic heterocycles. The van der Waals surface area contributed by atoms with Gasteiger partial charge in [0.15, 0.2) is 0 Å². The highest BCUT2D eigenvalue weighted by Crippen LogP contribution is 2.14. The summed E-state index contributed by atoms with van der Waals surface area (Å²) in [6, 6.07) is 0. The quantitative estimate of drug-likeness (QED) is 0.663. The van der Waals surface area contributed by atoms with Crippen LogP contribution in [0.25, 0.3) is 0 Å². The Bertz CT molecular complexity index is 155. The van der Waals surface area contributed by atoms with Crippen LogP contribution in [0.15, 0.2) is 0 Å². The molecular formula is C8H15NO2S. The molecule has 0 aromatic rings. The predicted octanol–water partition coefficient (Wildman–Crippen LogP) is 1.79. The van der Waals surface area contributed by atoms with Crippen molar-refractivity contribution >= 4 is 17.9 Å². The van der Waals surface area contributed by atoms with Gasteiger partial charge in [0.1, 0.15) is 0 Å². The third kappa shape index (κ3) is 2.93. The standard InChI is InChI=1S/C8H15NO2S/c1-7(2)5-11-8(10)9-3-4-12-6-9/h7H,3-6H2,1-2H3. The van der Waals surface area contributed by atoms with Crippen LogP contribution in [0.4, 0.5) is 4.79 Å². The zero-order valence-electron chi connectivity index (χ0n) is 7.58. The van der Waals surface area contributed by atoms with Crippen molar-refractivity contribution in [1.82, 2.24) is 4.90 Å². The van der Waals surface area contributed by atoms with E-state index < -0.39 is 0 Å². The number of hydrogen-bond donors (Lipinski definition) is 0.